The molecule has 0 saturated heterocycles. The second-order valence-corrected chi connectivity index (χ2v) is 6.13. The van der Waals surface area contributed by atoms with Gasteiger partial charge in [0.25, 0.3) is 0 Å². The van der Waals surface area contributed by atoms with Gasteiger partial charge in [-0.1, -0.05) is 18.2 Å². The van der Waals surface area contributed by atoms with E-state index in [1.807, 2.05) is 0 Å². The van der Waals surface area contributed by atoms with E-state index in [0.717, 1.165) is 19.5 Å². The monoisotopic (exact) mass is 232 g/mol. The summed E-state index contributed by atoms with van der Waals surface area (Å²) in [5.74, 6) is 0. The lowest BCUT2D eigenvalue weighted by atomic mass is 9.92. The van der Waals surface area contributed by atoms with E-state index >= 15 is 0 Å². The first-order valence-electron chi connectivity index (χ1n) is 6.51. The minimum atomic E-state index is 0.203. The predicted molar refractivity (Wildman–Crippen MR) is 73.3 cm³/mol. The molecular weight excluding hydrogens is 208 g/mol. The van der Waals surface area contributed by atoms with E-state index in [1.54, 1.807) is 0 Å². The van der Waals surface area contributed by atoms with Crippen molar-refractivity contribution < 1.29 is 0 Å². The summed E-state index contributed by atoms with van der Waals surface area (Å²) >= 11 is 0. The first kappa shape index (κ1) is 12.6. The van der Waals surface area contributed by atoms with Gasteiger partial charge in [0.2, 0.25) is 0 Å². The number of rotatable bonds is 2. The van der Waals surface area contributed by atoms with Crippen LogP contribution in [0.5, 0.6) is 0 Å². The van der Waals surface area contributed by atoms with Gasteiger partial charge in [-0.3, -0.25) is 0 Å². The molecule has 0 spiro atoms. The van der Waals surface area contributed by atoms with Crippen molar-refractivity contribution in [1.82, 2.24) is 10.6 Å². The maximum Gasteiger partial charge on any atom is 0.0236 e. The largest absolute Gasteiger partial charge is 0.311 e. The van der Waals surface area contributed by atoms with Crippen LogP contribution in [-0.2, 0) is 13.0 Å². The van der Waals surface area contributed by atoms with Crippen molar-refractivity contribution in [2.24, 2.45) is 0 Å². The Bertz CT molecular complexity index is 390. The zero-order valence-corrected chi connectivity index (χ0v) is 11.4. The molecule has 0 bridgehead atoms. The fourth-order valence-corrected chi connectivity index (χ4v) is 2.36. The molecule has 0 fully saturated rings. The van der Waals surface area contributed by atoms with Crippen LogP contribution in [-0.4, -0.2) is 18.1 Å². The summed E-state index contributed by atoms with van der Waals surface area (Å²) in [4.78, 5) is 0. The van der Waals surface area contributed by atoms with Crippen LogP contribution in [0.2, 0.25) is 0 Å². The minimum absolute atomic E-state index is 0.203. The number of nitrogens with one attached hydrogen (secondary N) is 2. The third kappa shape index (κ3) is 3.30. The van der Waals surface area contributed by atoms with Crippen LogP contribution in [0.3, 0.4) is 0 Å². The lowest BCUT2D eigenvalue weighted by Crippen LogP contribution is -2.48. The summed E-state index contributed by atoms with van der Waals surface area (Å²) in [6, 6.07) is 7.21. The molecule has 94 valence electrons. The van der Waals surface area contributed by atoms with Crippen molar-refractivity contribution in [3.63, 3.8) is 0 Å². The SMILES string of the molecule is Cc1cccc2c1CNC(CNC(C)(C)C)C2. The lowest BCUT2D eigenvalue weighted by Gasteiger charge is -2.30. The first-order chi connectivity index (χ1) is 7.96. The molecule has 2 nitrogen and oxygen atoms in total. The van der Waals surface area contributed by atoms with E-state index in [9.17, 15) is 0 Å². The van der Waals surface area contributed by atoms with E-state index in [4.69, 9.17) is 0 Å². The lowest BCUT2D eigenvalue weighted by molar-refractivity contribution is 0.367. The van der Waals surface area contributed by atoms with Crippen LogP contribution in [0.4, 0.5) is 0 Å². The average Bonchev–Trinajstić information content (AvgIpc) is 2.26. The Kier molecular flexibility index (Phi) is 3.55. The van der Waals surface area contributed by atoms with Gasteiger partial charge in [-0.25, -0.2) is 0 Å². The zero-order chi connectivity index (χ0) is 12.5. The number of benzene rings is 1. The van der Waals surface area contributed by atoms with E-state index in [1.165, 1.54) is 16.7 Å². The molecule has 1 aromatic carbocycles. The third-order valence-electron chi connectivity index (χ3n) is 3.42. The van der Waals surface area contributed by atoms with Gasteiger partial charge in [0.15, 0.2) is 0 Å². The molecule has 2 heteroatoms. The maximum absolute atomic E-state index is 3.63. The van der Waals surface area contributed by atoms with Crippen molar-refractivity contribution in [2.75, 3.05) is 6.54 Å². The maximum atomic E-state index is 3.63. The summed E-state index contributed by atoms with van der Waals surface area (Å²) in [5.41, 5.74) is 4.63. The van der Waals surface area contributed by atoms with Crippen molar-refractivity contribution in [3.05, 3.63) is 34.9 Å². The van der Waals surface area contributed by atoms with Crippen LogP contribution in [0.1, 0.15) is 37.5 Å². The summed E-state index contributed by atoms with van der Waals surface area (Å²) in [5, 5.41) is 7.20. The van der Waals surface area contributed by atoms with E-state index in [-0.39, 0.29) is 5.54 Å². The number of fused-ring (bicyclic) bond motifs is 1. The molecule has 0 aromatic heterocycles. The minimum Gasteiger partial charge on any atom is -0.311 e. The van der Waals surface area contributed by atoms with Gasteiger partial charge in [-0.05, 0) is 50.8 Å². The smallest absolute Gasteiger partial charge is 0.0236 e. The van der Waals surface area contributed by atoms with E-state index < -0.39 is 0 Å². The molecule has 1 aliphatic rings. The third-order valence-corrected chi connectivity index (χ3v) is 3.42. The molecule has 1 heterocycles. The Hall–Kier alpha value is -0.860. The summed E-state index contributed by atoms with van der Waals surface area (Å²) < 4.78 is 0. The Morgan fingerprint density at radius 3 is 2.82 bits per heavy atom. The highest BCUT2D eigenvalue weighted by molar-refractivity contribution is 5.36. The van der Waals surface area contributed by atoms with Crippen LogP contribution in [0.25, 0.3) is 0 Å². The highest BCUT2D eigenvalue weighted by Crippen LogP contribution is 2.20. The van der Waals surface area contributed by atoms with Crippen LogP contribution in [0, 0.1) is 6.92 Å². The molecule has 17 heavy (non-hydrogen) atoms. The standard InChI is InChI=1S/C15H24N2/c1-11-6-5-7-12-8-13(16-10-14(11)12)9-17-15(2,3)4/h5-7,13,16-17H,8-10H2,1-4H3. The molecule has 2 N–H and O–H groups in total. The Labute approximate surface area is 105 Å². The van der Waals surface area contributed by atoms with Crippen LogP contribution in [0.15, 0.2) is 18.2 Å². The molecule has 0 saturated carbocycles. The number of hydrogen-bond acceptors (Lipinski definition) is 2. The van der Waals surface area contributed by atoms with Crippen LogP contribution < -0.4 is 10.6 Å². The Morgan fingerprint density at radius 1 is 1.35 bits per heavy atom. The fraction of sp³-hybridized carbons (Fsp3) is 0.600. The Morgan fingerprint density at radius 2 is 2.12 bits per heavy atom. The molecule has 0 aliphatic carbocycles. The Balaban J connectivity index is 1.99. The number of aryl methyl sites for hydroxylation is 1. The van der Waals surface area contributed by atoms with Gasteiger partial charge in [-0.2, -0.15) is 0 Å². The highest BCUT2D eigenvalue weighted by Gasteiger charge is 2.20. The summed E-state index contributed by atoms with van der Waals surface area (Å²) in [6.07, 6.45) is 1.14. The predicted octanol–water partition coefficient (Wildman–Crippen LogP) is 2.40. The molecule has 2 rings (SSSR count). The van der Waals surface area contributed by atoms with Gasteiger partial charge >= 0.3 is 0 Å². The van der Waals surface area contributed by atoms with Crippen LogP contribution >= 0.6 is 0 Å². The normalized spacial score (nSPS) is 20.1. The van der Waals surface area contributed by atoms with Crippen molar-refractivity contribution in [1.29, 1.82) is 0 Å². The topological polar surface area (TPSA) is 24.1 Å². The van der Waals surface area contributed by atoms with Gasteiger partial charge in [0.05, 0.1) is 0 Å². The molecule has 1 aliphatic heterocycles. The molecule has 1 atom stereocenters. The second kappa shape index (κ2) is 4.79. The van der Waals surface area contributed by atoms with Crippen molar-refractivity contribution in [2.45, 2.75) is 52.2 Å². The van der Waals surface area contributed by atoms with E-state index in [0.29, 0.717) is 6.04 Å². The van der Waals surface area contributed by atoms with Gasteiger partial charge < -0.3 is 10.6 Å². The molecule has 1 aromatic rings. The van der Waals surface area contributed by atoms with Gasteiger partial charge in [0, 0.05) is 24.7 Å². The highest BCUT2D eigenvalue weighted by atomic mass is 15.0. The summed E-state index contributed by atoms with van der Waals surface area (Å²) in [7, 11) is 0. The van der Waals surface area contributed by atoms with Gasteiger partial charge in [0.1, 0.15) is 0 Å². The van der Waals surface area contributed by atoms with Crippen molar-refractivity contribution >= 4 is 0 Å². The average molecular weight is 232 g/mol. The number of hydrogen-bond donors (Lipinski definition) is 2. The van der Waals surface area contributed by atoms with E-state index in [2.05, 4.69) is 56.5 Å². The molecule has 0 amide bonds. The molecular formula is C15H24N2. The van der Waals surface area contributed by atoms with Crippen molar-refractivity contribution in [3.8, 4) is 0 Å². The van der Waals surface area contributed by atoms with Gasteiger partial charge in [-0.15, -0.1) is 0 Å². The molecule has 1 unspecified atom stereocenters. The fourth-order valence-electron chi connectivity index (χ4n) is 2.36. The summed E-state index contributed by atoms with van der Waals surface area (Å²) in [6.45, 7) is 10.9. The first-order valence-corrected chi connectivity index (χ1v) is 6.51. The quantitative estimate of drug-likeness (QED) is 0.818. The molecule has 0 radical (unpaired) electrons. The zero-order valence-electron chi connectivity index (χ0n) is 11.4. The second-order valence-electron chi connectivity index (χ2n) is 6.13.